The van der Waals surface area contributed by atoms with E-state index in [9.17, 15) is 4.79 Å². The highest BCUT2D eigenvalue weighted by atomic mass is 35.5. The van der Waals surface area contributed by atoms with Gasteiger partial charge in [-0.1, -0.05) is 17.7 Å². The van der Waals surface area contributed by atoms with Crippen molar-refractivity contribution in [3.05, 3.63) is 34.9 Å². The zero-order valence-corrected chi connectivity index (χ0v) is 12.5. The van der Waals surface area contributed by atoms with Gasteiger partial charge in [0.2, 0.25) is 0 Å². The van der Waals surface area contributed by atoms with Crippen molar-refractivity contribution < 1.29 is 14.6 Å². The minimum Gasteiger partial charge on any atom is -0.478 e. The lowest BCUT2D eigenvalue weighted by Crippen LogP contribution is -2.28. The molecule has 1 N–H and O–H groups in total. The van der Waals surface area contributed by atoms with Crippen molar-refractivity contribution >= 4 is 29.3 Å². The number of hydrogen-bond acceptors (Lipinski definition) is 4. The summed E-state index contributed by atoms with van der Waals surface area (Å²) in [6, 6.07) is 7.47. The molecule has 0 atom stereocenters. The molecule has 0 amide bonds. The second-order valence-corrected chi connectivity index (χ2v) is 4.67. The van der Waals surface area contributed by atoms with Crippen LogP contribution in [-0.4, -0.2) is 37.9 Å². The van der Waals surface area contributed by atoms with Crippen molar-refractivity contribution in [1.29, 1.82) is 5.26 Å². The first-order valence-electron chi connectivity index (χ1n) is 6.40. The van der Waals surface area contributed by atoms with Crippen molar-refractivity contribution in [3.8, 4) is 6.07 Å². The summed E-state index contributed by atoms with van der Waals surface area (Å²) >= 11 is 6.16. The van der Waals surface area contributed by atoms with Gasteiger partial charge in [-0.2, -0.15) is 5.26 Å². The van der Waals surface area contributed by atoms with Gasteiger partial charge in [0.15, 0.2) is 0 Å². The highest BCUT2D eigenvalue weighted by Gasteiger charge is 2.08. The fraction of sp³-hybridized carbons (Fsp3) is 0.333. The van der Waals surface area contributed by atoms with Crippen LogP contribution in [0.5, 0.6) is 0 Å². The van der Waals surface area contributed by atoms with E-state index >= 15 is 0 Å². The molecule has 1 aromatic rings. The standard InChI is InChI=1S/C15H17ClN2O3/c1-21-10-9-18(8-2-7-17)13-5-3-12(14(16)11-13)4-6-15(19)20/h3-6,11H,2,8-10H2,1H3,(H,19,20)/b6-4+. The summed E-state index contributed by atoms with van der Waals surface area (Å²) in [5.74, 6) is -1.02. The maximum atomic E-state index is 10.5. The summed E-state index contributed by atoms with van der Waals surface area (Å²) in [6.45, 7) is 1.78. The molecule has 0 unspecified atom stereocenters. The molecule has 0 aliphatic heterocycles. The Morgan fingerprint density at radius 2 is 2.29 bits per heavy atom. The number of benzene rings is 1. The molecule has 0 aliphatic carbocycles. The number of aliphatic carboxylic acids is 1. The number of halogens is 1. The average molecular weight is 309 g/mol. The van der Waals surface area contributed by atoms with Crippen molar-refractivity contribution in [3.63, 3.8) is 0 Å². The van der Waals surface area contributed by atoms with Gasteiger partial charge in [-0.25, -0.2) is 4.79 Å². The maximum absolute atomic E-state index is 10.5. The van der Waals surface area contributed by atoms with Crippen LogP contribution in [0, 0.1) is 11.3 Å². The number of carboxylic acid groups (broad SMARTS) is 1. The third kappa shape index (κ3) is 5.86. The topological polar surface area (TPSA) is 73.6 Å². The van der Waals surface area contributed by atoms with Crippen LogP contribution in [-0.2, 0) is 9.53 Å². The molecule has 0 spiro atoms. The van der Waals surface area contributed by atoms with Crippen LogP contribution in [0.25, 0.3) is 6.08 Å². The van der Waals surface area contributed by atoms with Gasteiger partial charge < -0.3 is 14.7 Å². The van der Waals surface area contributed by atoms with Crippen LogP contribution in [0.15, 0.2) is 24.3 Å². The van der Waals surface area contributed by atoms with Crippen molar-refractivity contribution in [2.75, 3.05) is 31.7 Å². The molecule has 0 aromatic heterocycles. The predicted molar refractivity (Wildman–Crippen MR) is 82.4 cm³/mol. The molecule has 5 nitrogen and oxygen atoms in total. The van der Waals surface area contributed by atoms with Gasteiger partial charge in [-0.05, 0) is 23.8 Å². The highest BCUT2D eigenvalue weighted by Crippen LogP contribution is 2.25. The van der Waals surface area contributed by atoms with E-state index in [-0.39, 0.29) is 0 Å². The van der Waals surface area contributed by atoms with E-state index in [0.29, 0.717) is 36.7 Å². The van der Waals surface area contributed by atoms with Gasteiger partial charge in [0, 0.05) is 37.0 Å². The van der Waals surface area contributed by atoms with Gasteiger partial charge in [-0.15, -0.1) is 0 Å². The summed E-state index contributed by atoms with van der Waals surface area (Å²) < 4.78 is 5.06. The lowest BCUT2D eigenvalue weighted by atomic mass is 10.1. The third-order valence-corrected chi connectivity index (χ3v) is 3.14. The minimum absolute atomic E-state index is 0.405. The number of carboxylic acids is 1. The molecule has 112 valence electrons. The molecule has 0 saturated heterocycles. The first-order valence-corrected chi connectivity index (χ1v) is 6.77. The number of rotatable bonds is 8. The van der Waals surface area contributed by atoms with Gasteiger partial charge in [0.1, 0.15) is 0 Å². The molecule has 0 aliphatic rings. The highest BCUT2D eigenvalue weighted by molar-refractivity contribution is 6.32. The van der Waals surface area contributed by atoms with E-state index in [1.165, 1.54) is 6.08 Å². The van der Waals surface area contributed by atoms with E-state index in [2.05, 4.69) is 6.07 Å². The van der Waals surface area contributed by atoms with Crippen LogP contribution >= 0.6 is 11.6 Å². The van der Waals surface area contributed by atoms with E-state index in [4.69, 9.17) is 26.7 Å². The average Bonchev–Trinajstić information content (AvgIpc) is 2.46. The molecular formula is C15H17ClN2O3. The third-order valence-electron chi connectivity index (χ3n) is 2.81. The van der Waals surface area contributed by atoms with Crippen LogP contribution < -0.4 is 4.90 Å². The number of hydrogen-bond donors (Lipinski definition) is 1. The van der Waals surface area contributed by atoms with E-state index in [1.54, 1.807) is 19.2 Å². The Labute approximate surface area is 129 Å². The second-order valence-electron chi connectivity index (χ2n) is 4.27. The predicted octanol–water partition coefficient (Wildman–Crippen LogP) is 2.80. The summed E-state index contributed by atoms with van der Waals surface area (Å²) in [4.78, 5) is 12.5. The van der Waals surface area contributed by atoms with E-state index in [1.807, 2.05) is 11.0 Å². The Balaban J connectivity index is 2.91. The zero-order valence-electron chi connectivity index (χ0n) is 11.8. The molecule has 0 bridgehead atoms. The number of nitriles is 1. The Kier molecular flexibility index (Phi) is 7.30. The molecule has 0 fully saturated rings. The Hall–Kier alpha value is -2.03. The molecule has 6 heteroatoms. The largest absolute Gasteiger partial charge is 0.478 e. The number of carbonyl (C=O) groups is 1. The van der Waals surface area contributed by atoms with E-state index < -0.39 is 5.97 Å². The van der Waals surface area contributed by atoms with Crippen molar-refractivity contribution in [2.45, 2.75) is 6.42 Å². The van der Waals surface area contributed by atoms with Gasteiger partial charge in [0.25, 0.3) is 0 Å². The summed E-state index contributed by atoms with van der Waals surface area (Å²) in [5, 5.41) is 17.8. The first-order chi connectivity index (χ1) is 10.1. The van der Waals surface area contributed by atoms with E-state index in [0.717, 1.165) is 11.8 Å². The Morgan fingerprint density at radius 1 is 1.52 bits per heavy atom. The molecule has 0 radical (unpaired) electrons. The molecule has 0 heterocycles. The molecule has 1 aromatic carbocycles. The van der Waals surface area contributed by atoms with Crippen LogP contribution in [0.4, 0.5) is 5.69 Å². The van der Waals surface area contributed by atoms with Gasteiger partial charge >= 0.3 is 5.97 Å². The number of methoxy groups -OCH3 is 1. The van der Waals surface area contributed by atoms with Gasteiger partial charge in [0.05, 0.1) is 19.1 Å². The Bertz CT molecular complexity index is 552. The second kappa shape index (κ2) is 9.01. The molecular weight excluding hydrogens is 292 g/mol. The number of nitrogens with zero attached hydrogens (tertiary/aromatic N) is 2. The monoisotopic (exact) mass is 308 g/mol. The molecule has 21 heavy (non-hydrogen) atoms. The Morgan fingerprint density at radius 3 is 2.86 bits per heavy atom. The summed E-state index contributed by atoms with van der Waals surface area (Å²) in [5.41, 5.74) is 1.51. The number of ether oxygens (including phenoxy) is 1. The lowest BCUT2D eigenvalue weighted by Gasteiger charge is -2.24. The fourth-order valence-corrected chi connectivity index (χ4v) is 2.00. The van der Waals surface area contributed by atoms with Crippen LogP contribution in [0.1, 0.15) is 12.0 Å². The smallest absolute Gasteiger partial charge is 0.328 e. The van der Waals surface area contributed by atoms with Crippen molar-refractivity contribution in [2.24, 2.45) is 0 Å². The summed E-state index contributed by atoms with van der Waals surface area (Å²) in [7, 11) is 1.62. The fourth-order valence-electron chi connectivity index (χ4n) is 1.77. The molecule has 1 rings (SSSR count). The first kappa shape index (κ1) is 17.0. The lowest BCUT2D eigenvalue weighted by molar-refractivity contribution is -0.131. The maximum Gasteiger partial charge on any atom is 0.328 e. The minimum atomic E-state index is -1.02. The van der Waals surface area contributed by atoms with Crippen molar-refractivity contribution in [1.82, 2.24) is 0 Å². The molecule has 0 saturated carbocycles. The summed E-state index contributed by atoms with van der Waals surface area (Å²) in [6.07, 6.45) is 2.89. The zero-order chi connectivity index (χ0) is 15.7. The van der Waals surface area contributed by atoms with Crippen LogP contribution in [0.3, 0.4) is 0 Å². The SMILES string of the molecule is COCCN(CCC#N)c1ccc(/C=C/C(=O)O)c(Cl)c1. The normalized spacial score (nSPS) is 10.5. The number of anilines is 1. The van der Waals surface area contributed by atoms with Crippen LogP contribution in [0.2, 0.25) is 5.02 Å². The van der Waals surface area contributed by atoms with Gasteiger partial charge in [-0.3, -0.25) is 0 Å². The quantitative estimate of drug-likeness (QED) is 0.748.